The van der Waals surface area contributed by atoms with E-state index in [1.165, 1.54) is 0 Å². The third-order valence-corrected chi connectivity index (χ3v) is 1.62. The highest BCUT2D eigenvalue weighted by molar-refractivity contribution is 5.79. The minimum atomic E-state index is -0.124. The van der Waals surface area contributed by atoms with Crippen molar-refractivity contribution in [2.24, 2.45) is 5.92 Å². The van der Waals surface area contributed by atoms with Crippen molar-refractivity contribution in [3.8, 4) is 0 Å². The molecule has 6 nitrogen and oxygen atoms in total. The fourth-order valence-electron chi connectivity index (χ4n) is 0.869. The molecular formula is C8H14N4O2. The van der Waals surface area contributed by atoms with Crippen LogP contribution in [0.4, 0.5) is 5.82 Å². The van der Waals surface area contributed by atoms with Gasteiger partial charge in [0.15, 0.2) is 5.82 Å². The van der Waals surface area contributed by atoms with Crippen molar-refractivity contribution in [1.82, 2.24) is 15.6 Å². The number of nitrogens with zero attached hydrogens (tertiary/aromatic N) is 2. The van der Waals surface area contributed by atoms with Gasteiger partial charge in [0, 0.05) is 6.54 Å². The number of hydrogen-bond acceptors (Lipinski definition) is 5. The van der Waals surface area contributed by atoms with Crippen LogP contribution in [-0.4, -0.2) is 22.8 Å². The molecule has 0 aliphatic heterocycles. The summed E-state index contributed by atoms with van der Waals surface area (Å²) in [7, 11) is 0. The number of carbonyl (C=O) groups is 1. The minimum absolute atomic E-state index is 0.113. The van der Waals surface area contributed by atoms with Gasteiger partial charge in [-0.15, -0.1) is 0 Å². The first kappa shape index (κ1) is 10.5. The molecule has 0 aliphatic carbocycles. The lowest BCUT2D eigenvalue weighted by molar-refractivity contribution is -0.120. The largest absolute Gasteiger partial charge is 0.379 e. The molecule has 78 valence electrons. The van der Waals surface area contributed by atoms with E-state index >= 15 is 0 Å². The molecule has 6 heteroatoms. The Morgan fingerprint density at radius 2 is 2.29 bits per heavy atom. The van der Waals surface area contributed by atoms with Crippen LogP contribution in [0.2, 0.25) is 0 Å². The molecule has 14 heavy (non-hydrogen) atoms. The van der Waals surface area contributed by atoms with Crippen LogP contribution >= 0.6 is 0 Å². The van der Waals surface area contributed by atoms with E-state index in [1.54, 1.807) is 0 Å². The lowest BCUT2D eigenvalue weighted by atomic mass is 10.2. The van der Waals surface area contributed by atoms with Gasteiger partial charge >= 0.3 is 0 Å². The minimum Gasteiger partial charge on any atom is -0.379 e. The summed E-state index contributed by atoms with van der Waals surface area (Å²) in [5.41, 5.74) is 5.78. The summed E-state index contributed by atoms with van der Waals surface area (Å²) < 4.78 is 4.37. The van der Waals surface area contributed by atoms with E-state index in [0.29, 0.717) is 18.2 Å². The molecule has 0 saturated heterocycles. The number of nitrogens with one attached hydrogen (secondary N) is 1. The molecule has 3 N–H and O–H groups in total. The van der Waals surface area contributed by atoms with Gasteiger partial charge in [-0.2, -0.15) is 0 Å². The highest BCUT2D eigenvalue weighted by Gasteiger charge is 2.11. The first-order valence-corrected chi connectivity index (χ1v) is 4.43. The predicted octanol–water partition coefficient (Wildman–Crippen LogP) is -0.0335. The molecule has 0 saturated carbocycles. The Kier molecular flexibility index (Phi) is 3.44. The van der Waals surface area contributed by atoms with E-state index < -0.39 is 0 Å². The van der Waals surface area contributed by atoms with E-state index in [9.17, 15) is 4.79 Å². The standard InChI is InChI=1S/C8H14N4O2/c1-5(2)4-10-7(13)3-6-8(9)12-14-11-6/h5H,3-4H2,1-2H3,(H2,9,12)(H,10,13). The number of carbonyl (C=O) groups excluding carboxylic acids is 1. The Morgan fingerprint density at radius 3 is 2.79 bits per heavy atom. The number of anilines is 1. The molecule has 0 atom stereocenters. The fourth-order valence-corrected chi connectivity index (χ4v) is 0.869. The van der Waals surface area contributed by atoms with Crippen LogP contribution in [0, 0.1) is 5.92 Å². The summed E-state index contributed by atoms with van der Waals surface area (Å²) >= 11 is 0. The topological polar surface area (TPSA) is 94.0 Å². The maximum atomic E-state index is 11.3. The number of nitrogen functional groups attached to an aromatic ring is 1. The van der Waals surface area contributed by atoms with Crippen LogP contribution in [0.3, 0.4) is 0 Å². The first-order chi connectivity index (χ1) is 6.59. The van der Waals surface area contributed by atoms with Gasteiger partial charge in [-0.25, -0.2) is 4.63 Å². The molecule has 1 aromatic heterocycles. The number of aromatic nitrogens is 2. The quantitative estimate of drug-likeness (QED) is 0.708. The Bertz CT molecular complexity index is 308. The van der Waals surface area contributed by atoms with Crippen molar-refractivity contribution in [3.05, 3.63) is 5.69 Å². The van der Waals surface area contributed by atoms with Gasteiger partial charge in [0.05, 0.1) is 6.42 Å². The van der Waals surface area contributed by atoms with Gasteiger partial charge in [-0.3, -0.25) is 4.79 Å². The van der Waals surface area contributed by atoms with Crippen molar-refractivity contribution in [2.75, 3.05) is 12.3 Å². The third-order valence-electron chi connectivity index (χ3n) is 1.62. The second-order valence-corrected chi connectivity index (χ2v) is 3.47. The smallest absolute Gasteiger partial charge is 0.226 e. The highest BCUT2D eigenvalue weighted by atomic mass is 16.6. The van der Waals surface area contributed by atoms with E-state index in [-0.39, 0.29) is 18.1 Å². The van der Waals surface area contributed by atoms with E-state index in [2.05, 4.69) is 20.3 Å². The average Bonchev–Trinajstić information content (AvgIpc) is 2.49. The SMILES string of the molecule is CC(C)CNC(=O)Cc1nonc1N. The molecule has 1 aromatic rings. The zero-order valence-corrected chi connectivity index (χ0v) is 8.28. The Morgan fingerprint density at radius 1 is 1.57 bits per heavy atom. The van der Waals surface area contributed by atoms with Crippen LogP contribution in [0.25, 0.3) is 0 Å². The van der Waals surface area contributed by atoms with Gasteiger partial charge in [-0.05, 0) is 11.1 Å². The van der Waals surface area contributed by atoms with E-state index in [1.807, 2.05) is 13.8 Å². The second-order valence-electron chi connectivity index (χ2n) is 3.47. The molecular weight excluding hydrogens is 184 g/mol. The summed E-state index contributed by atoms with van der Waals surface area (Å²) in [6.07, 6.45) is 0.113. The molecule has 1 amide bonds. The van der Waals surface area contributed by atoms with Gasteiger partial charge in [0.25, 0.3) is 0 Å². The normalized spacial score (nSPS) is 10.5. The average molecular weight is 198 g/mol. The van der Waals surface area contributed by atoms with Crippen LogP contribution in [0.15, 0.2) is 4.63 Å². The van der Waals surface area contributed by atoms with Gasteiger partial charge in [0.2, 0.25) is 5.91 Å². The maximum absolute atomic E-state index is 11.3. The molecule has 0 fully saturated rings. The van der Waals surface area contributed by atoms with Crippen molar-refractivity contribution in [1.29, 1.82) is 0 Å². The number of amides is 1. The van der Waals surface area contributed by atoms with Crippen LogP contribution in [0.5, 0.6) is 0 Å². The molecule has 0 aromatic carbocycles. The van der Waals surface area contributed by atoms with E-state index in [4.69, 9.17) is 5.73 Å². The zero-order valence-electron chi connectivity index (χ0n) is 8.28. The monoisotopic (exact) mass is 198 g/mol. The van der Waals surface area contributed by atoms with Crippen molar-refractivity contribution >= 4 is 11.7 Å². The summed E-state index contributed by atoms with van der Waals surface area (Å²) in [6.45, 7) is 4.68. The van der Waals surface area contributed by atoms with Crippen molar-refractivity contribution in [2.45, 2.75) is 20.3 Å². The highest BCUT2D eigenvalue weighted by Crippen LogP contribution is 2.04. The Hall–Kier alpha value is -1.59. The fraction of sp³-hybridized carbons (Fsp3) is 0.625. The summed E-state index contributed by atoms with van der Waals surface area (Å²) in [5, 5.41) is 9.63. The molecule has 0 bridgehead atoms. The zero-order chi connectivity index (χ0) is 10.6. The van der Waals surface area contributed by atoms with E-state index in [0.717, 1.165) is 0 Å². The lowest BCUT2D eigenvalue weighted by Crippen LogP contribution is -2.29. The summed E-state index contributed by atoms with van der Waals surface area (Å²) in [5.74, 6) is 0.470. The van der Waals surface area contributed by atoms with Crippen LogP contribution < -0.4 is 11.1 Å². The molecule has 0 spiro atoms. The first-order valence-electron chi connectivity index (χ1n) is 4.43. The molecule has 0 radical (unpaired) electrons. The van der Waals surface area contributed by atoms with Gasteiger partial charge in [0.1, 0.15) is 5.69 Å². The maximum Gasteiger partial charge on any atom is 0.226 e. The second kappa shape index (κ2) is 4.59. The molecule has 0 aliphatic rings. The predicted molar refractivity (Wildman–Crippen MR) is 50.3 cm³/mol. The molecule has 1 rings (SSSR count). The Balaban J connectivity index is 2.38. The lowest BCUT2D eigenvalue weighted by Gasteiger charge is -2.05. The number of nitrogens with two attached hydrogens (primary N) is 1. The Labute approximate surface area is 81.8 Å². The number of rotatable bonds is 4. The summed E-state index contributed by atoms with van der Waals surface area (Å²) in [6, 6.07) is 0. The van der Waals surface area contributed by atoms with Crippen LogP contribution in [0.1, 0.15) is 19.5 Å². The summed E-state index contributed by atoms with van der Waals surface area (Å²) in [4.78, 5) is 11.3. The van der Waals surface area contributed by atoms with Crippen molar-refractivity contribution < 1.29 is 9.42 Å². The number of hydrogen-bond donors (Lipinski definition) is 2. The van der Waals surface area contributed by atoms with Crippen LogP contribution in [-0.2, 0) is 11.2 Å². The van der Waals surface area contributed by atoms with Gasteiger partial charge < -0.3 is 11.1 Å². The van der Waals surface area contributed by atoms with Gasteiger partial charge in [-0.1, -0.05) is 19.0 Å². The van der Waals surface area contributed by atoms with Crippen molar-refractivity contribution in [3.63, 3.8) is 0 Å². The molecule has 0 unspecified atom stereocenters. The third kappa shape index (κ3) is 3.04. The molecule has 1 heterocycles.